The maximum Gasteiger partial charge on any atom is 0.337 e. The van der Waals surface area contributed by atoms with Gasteiger partial charge >= 0.3 is 5.97 Å². The standard InChI is InChI=1S/C7H6INO3/c1-12-6-5(8)4(7(10)11)2-3-9-6/h2-3H,1H3,(H,10,11). The van der Waals surface area contributed by atoms with E-state index in [9.17, 15) is 4.79 Å². The van der Waals surface area contributed by atoms with E-state index < -0.39 is 5.97 Å². The van der Waals surface area contributed by atoms with E-state index in [0.29, 0.717) is 9.45 Å². The minimum absolute atomic E-state index is 0.211. The Morgan fingerprint density at radius 3 is 2.92 bits per heavy atom. The highest BCUT2D eigenvalue weighted by molar-refractivity contribution is 14.1. The normalized spacial score (nSPS) is 9.50. The molecule has 4 nitrogen and oxygen atoms in total. The summed E-state index contributed by atoms with van der Waals surface area (Å²) in [6.07, 6.45) is 1.41. The lowest BCUT2D eigenvalue weighted by Crippen LogP contribution is -2.02. The summed E-state index contributed by atoms with van der Waals surface area (Å²) in [4.78, 5) is 14.4. The number of methoxy groups -OCH3 is 1. The minimum Gasteiger partial charge on any atom is -0.480 e. The molecule has 0 saturated carbocycles. The van der Waals surface area contributed by atoms with Crippen LogP contribution in [0.25, 0.3) is 0 Å². The van der Waals surface area contributed by atoms with Crippen molar-refractivity contribution < 1.29 is 14.6 Å². The van der Waals surface area contributed by atoms with E-state index in [0.717, 1.165) is 0 Å². The van der Waals surface area contributed by atoms with E-state index in [1.165, 1.54) is 19.4 Å². The van der Waals surface area contributed by atoms with Crippen molar-refractivity contribution >= 4 is 28.6 Å². The molecule has 64 valence electrons. The number of carboxylic acids is 1. The number of aromatic carboxylic acids is 1. The number of carbonyl (C=O) groups is 1. The van der Waals surface area contributed by atoms with E-state index in [2.05, 4.69) is 4.98 Å². The number of rotatable bonds is 2. The number of hydrogen-bond donors (Lipinski definition) is 1. The Morgan fingerprint density at radius 2 is 2.42 bits per heavy atom. The van der Waals surface area contributed by atoms with Crippen molar-refractivity contribution in [1.29, 1.82) is 0 Å². The van der Waals surface area contributed by atoms with Gasteiger partial charge in [0, 0.05) is 6.20 Å². The Kier molecular flexibility index (Phi) is 2.85. The second-order valence-electron chi connectivity index (χ2n) is 1.99. The second kappa shape index (κ2) is 3.70. The summed E-state index contributed by atoms with van der Waals surface area (Å²) < 4.78 is 5.37. The van der Waals surface area contributed by atoms with Crippen LogP contribution in [0.2, 0.25) is 0 Å². The van der Waals surface area contributed by atoms with Crippen LogP contribution < -0.4 is 4.74 Å². The van der Waals surface area contributed by atoms with Crippen LogP contribution in [0, 0.1) is 3.57 Å². The van der Waals surface area contributed by atoms with Crippen molar-refractivity contribution in [2.24, 2.45) is 0 Å². The van der Waals surface area contributed by atoms with Gasteiger partial charge in [-0.2, -0.15) is 0 Å². The fourth-order valence-electron chi connectivity index (χ4n) is 0.732. The molecule has 0 aliphatic carbocycles. The zero-order valence-corrected chi connectivity index (χ0v) is 8.40. The summed E-state index contributed by atoms with van der Waals surface area (Å²) in [7, 11) is 1.45. The monoisotopic (exact) mass is 279 g/mol. The maximum atomic E-state index is 10.6. The van der Waals surface area contributed by atoms with Crippen LogP contribution in [0.3, 0.4) is 0 Å². The van der Waals surface area contributed by atoms with Crippen molar-refractivity contribution in [3.05, 3.63) is 21.4 Å². The summed E-state index contributed by atoms with van der Waals surface area (Å²) >= 11 is 1.89. The Bertz CT molecular complexity index is 314. The molecule has 0 bridgehead atoms. The molecule has 0 fully saturated rings. The summed E-state index contributed by atoms with van der Waals surface area (Å²) in [6, 6.07) is 1.44. The number of ether oxygens (including phenoxy) is 1. The van der Waals surface area contributed by atoms with Crippen LogP contribution in [0.1, 0.15) is 10.4 Å². The summed E-state index contributed by atoms with van der Waals surface area (Å²) in [6.45, 7) is 0. The molecular weight excluding hydrogens is 273 g/mol. The van der Waals surface area contributed by atoms with Crippen LogP contribution in [-0.2, 0) is 0 Å². The number of carboxylic acid groups (broad SMARTS) is 1. The first-order valence-corrected chi connectivity index (χ1v) is 4.16. The average molecular weight is 279 g/mol. The molecule has 12 heavy (non-hydrogen) atoms. The van der Waals surface area contributed by atoms with Crippen LogP contribution in [0.4, 0.5) is 0 Å². The molecule has 0 unspecified atom stereocenters. The van der Waals surface area contributed by atoms with Gasteiger partial charge in [-0.25, -0.2) is 9.78 Å². The molecule has 0 radical (unpaired) electrons. The number of pyridine rings is 1. The van der Waals surface area contributed by atoms with Crippen molar-refractivity contribution in [2.45, 2.75) is 0 Å². The third-order valence-electron chi connectivity index (χ3n) is 1.28. The van der Waals surface area contributed by atoms with Gasteiger partial charge in [-0.3, -0.25) is 0 Å². The summed E-state index contributed by atoms with van der Waals surface area (Å²) in [5.41, 5.74) is 0.211. The lowest BCUT2D eigenvalue weighted by atomic mass is 10.3. The molecule has 5 heteroatoms. The van der Waals surface area contributed by atoms with Gasteiger partial charge in [0.05, 0.1) is 16.2 Å². The van der Waals surface area contributed by atoms with Gasteiger partial charge < -0.3 is 9.84 Å². The lowest BCUT2D eigenvalue weighted by molar-refractivity contribution is 0.0695. The van der Waals surface area contributed by atoms with Gasteiger partial charge in [0.25, 0.3) is 0 Å². The van der Waals surface area contributed by atoms with E-state index in [4.69, 9.17) is 9.84 Å². The van der Waals surface area contributed by atoms with Crippen LogP contribution >= 0.6 is 22.6 Å². The molecule has 1 aromatic heterocycles. The molecule has 0 aliphatic heterocycles. The van der Waals surface area contributed by atoms with Gasteiger partial charge in [-0.15, -0.1) is 0 Å². The summed E-state index contributed by atoms with van der Waals surface area (Å²) in [5.74, 6) is -0.629. The topological polar surface area (TPSA) is 59.4 Å². The van der Waals surface area contributed by atoms with E-state index >= 15 is 0 Å². The van der Waals surface area contributed by atoms with Crippen molar-refractivity contribution in [3.63, 3.8) is 0 Å². The van der Waals surface area contributed by atoms with Gasteiger partial charge in [0.2, 0.25) is 5.88 Å². The third-order valence-corrected chi connectivity index (χ3v) is 2.32. The summed E-state index contributed by atoms with van der Waals surface area (Å²) in [5, 5.41) is 8.70. The maximum absolute atomic E-state index is 10.6. The van der Waals surface area contributed by atoms with E-state index in [1.807, 2.05) is 22.6 Å². The predicted octanol–water partition coefficient (Wildman–Crippen LogP) is 1.39. The smallest absolute Gasteiger partial charge is 0.337 e. The first kappa shape index (κ1) is 9.24. The zero-order chi connectivity index (χ0) is 9.14. The van der Waals surface area contributed by atoms with Crippen molar-refractivity contribution in [2.75, 3.05) is 7.11 Å². The molecule has 0 spiro atoms. The van der Waals surface area contributed by atoms with E-state index in [-0.39, 0.29) is 5.56 Å². The Morgan fingerprint density at radius 1 is 1.75 bits per heavy atom. The quantitative estimate of drug-likeness (QED) is 0.831. The van der Waals surface area contributed by atoms with Crippen LogP contribution in [-0.4, -0.2) is 23.2 Å². The zero-order valence-electron chi connectivity index (χ0n) is 6.24. The fourth-order valence-corrected chi connectivity index (χ4v) is 1.50. The highest BCUT2D eigenvalue weighted by Gasteiger charge is 2.12. The molecule has 1 N–H and O–H groups in total. The number of nitrogens with zero attached hydrogens (tertiary/aromatic N) is 1. The molecule has 1 aromatic rings. The van der Waals surface area contributed by atoms with Crippen molar-refractivity contribution in [3.8, 4) is 5.88 Å². The third kappa shape index (κ3) is 1.66. The molecule has 0 atom stereocenters. The lowest BCUT2D eigenvalue weighted by Gasteiger charge is -2.03. The molecule has 1 heterocycles. The SMILES string of the molecule is COc1nccc(C(=O)O)c1I. The van der Waals surface area contributed by atoms with Gasteiger partial charge in [0.1, 0.15) is 0 Å². The molecule has 0 aliphatic rings. The minimum atomic E-state index is -0.972. The first-order chi connectivity index (χ1) is 5.66. The van der Waals surface area contributed by atoms with Crippen LogP contribution in [0.15, 0.2) is 12.3 Å². The van der Waals surface area contributed by atoms with Gasteiger partial charge in [0.15, 0.2) is 0 Å². The molecule has 1 rings (SSSR count). The predicted molar refractivity (Wildman–Crippen MR) is 50.5 cm³/mol. The highest BCUT2D eigenvalue weighted by atomic mass is 127. The molecule has 0 amide bonds. The number of halogens is 1. The fraction of sp³-hybridized carbons (Fsp3) is 0.143. The van der Waals surface area contributed by atoms with Gasteiger partial charge in [-0.05, 0) is 28.7 Å². The molecule has 0 saturated heterocycles. The Balaban J connectivity index is 3.23. The van der Waals surface area contributed by atoms with E-state index in [1.54, 1.807) is 0 Å². The molecular formula is C7H6INO3. The average Bonchev–Trinajstić information content (AvgIpc) is 2.04. The van der Waals surface area contributed by atoms with Gasteiger partial charge in [-0.1, -0.05) is 0 Å². The van der Waals surface area contributed by atoms with Crippen LogP contribution in [0.5, 0.6) is 5.88 Å². The second-order valence-corrected chi connectivity index (χ2v) is 3.07. The Labute approximate surface area is 82.7 Å². The highest BCUT2D eigenvalue weighted by Crippen LogP contribution is 2.20. The number of aromatic nitrogens is 1. The Hall–Kier alpha value is -0.850. The first-order valence-electron chi connectivity index (χ1n) is 3.08. The number of hydrogen-bond acceptors (Lipinski definition) is 3. The van der Waals surface area contributed by atoms with Crippen molar-refractivity contribution in [1.82, 2.24) is 4.98 Å². The largest absolute Gasteiger partial charge is 0.480 e. The molecule has 0 aromatic carbocycles.